The van der Waals surface area contributed by atoms with Crippen LogP contribution in [0.15, 0.2) is 24.3 Å². The topological polar surface area (TPSA) is 72.1 Å². The summed E-state index contributed by atoms with van der Waals surface area (Å²) in [5.41, 5.74) is 0.531. The Morgan fingerprint density at radius 2 is 1.93 bits per heavy atom. The Labute approximate surface area is 165 Å². The average molecular weight is 404 g/mol. The third-order valence-corrected chi connectivity index (χ3v) is 6.56. The van der Waals surface area contributed by atoms with E-state index in [0.717, 1.165) is 0 Å². The molecule has 0 amide bonds. The van der Waals surface area contributed by atoms with Crippen LogP contribution in [0.3, 0.4) is 0 Å². The van der Waals surface area contributed by atoms with E-state index in [1.54, 1.807) is 19.1 Å². The van der Waals surface area contributed by atoms with Crippen LogP contribution in [0.1, 0.15) is 35.1 Å². The first kappa shape index (κ1) is 18.0. The molecule has 5 rings (SSSR count). The largest absolute Gasteiger partial charge is 0.492 e. The van der Waals surface area contributed by atoms with Crippen molar-refractivity contribution in [1.82, 2.24) is 19.5 Å². The maximum absolute atomic E-state index is 14.8. The van der Waals surface area contributed by atoms with Gasteiger partial charge < -0.3 is 14.6 Å². The van der Waals surface area contributed by atoms with Crippen LogP contribution in [0.5, 0.6) is 5.88 Å². The monoisotopic (exact) mass is 404 g/mol. The lowest BCUT2D eigenvalue weighted by Gasteiger charge is -2.41. The number of hydrogen-bond acceptors (Lipinski definition) is 7. The summed E-state index contributed by atoms with van der Waals surface area (Å²) in [5.74, 6) is -0.203. The molecule has 148 valence electrons. The van der Waals surface area contributed by atoms with Gasteiger partial charge in [-0.1, -0.05) is 29.5 Å². The van der Waals surface area contributed by atoms with Crippen LogP contribution in [0.25, 0.3) is 4.96 Å². The van der Waals surface area contributed by atoms with Crippen LogP contribution < -0.4 is 0 Å². The lowest BCUT2D eigenvalue weighted by atomic mass is 9.97. The molecular formula is C19H21FN4O3S. The summed E-state index contributed by atoms with van der Waals surface area (Å²) in [4.78, 5) is 7.77. The molecule has 2 aromatic heterocycles. The Balaban J connectivity index is 1.55. The van der Waals surface area contributed by atoms with Gasteiger partial charge in [-0.25, -0.2) is 9.37 Å². The molecule has 1 N–H and O–H groups in total. The van der Waals surface area contributed by atoms with Crippen molar-refractivity contribution in [2.24, 2.45) is 0 Å². The lowest BCUT2D eigenvalue weighted by Crippen LogP contribution is -2.46. The molecule has 2 saturated heterocycles. The number of hydrogen-bond donors (Lipinski definition) is 1. The van der Waals surface area contributed by atoms with E-state index in [1.807, 2.05) is 6.07 Å². The molecule has 1 atom stereocenters. The molecule has 9 heteroatoms. The Morgan fingerprint density at radius 3 is 2.61 bits per heavy atom. The number of nitrogens with zero attached hydrogens (tertiary/aromatic N) is 4. The Kier molecular flexibility index (Phi) is 4.35. The zero-order chi connectivity index (χ0) is 19.3. The number of benzene rings is 1. The quantitative estimate of drug-likeness (QED) is 0.724. The number of fused-ring (bicyclic) bond motifs is 1. The van der Waals surface area contributed by atoms with Gasteiger partial charge in [-0.2, -0.15) is 4.52 Å². The Bertz CT molecular complexity index is 1000. The van der Waals surface area contributed by atoms with Crippen molar-refractivity contribution in [3.63, 3.8) is 0 Å². The minimum atomic E-state index is -0.513. The Hall–Kier alpha value is -2.07. The molecule has 1 spiro atoms. The maximum Gasteiger partial charge on any atom is 0.230 e. The number of halogens is 1. The van der Waals surface area contributed by atoms with E-state index in [2.05, 4.69) is 15.0 Å². The second-order valence-electron chi connectivity index (χ2n) is 7.21. The maximum atomic E-state index is 14.8. The molecule has 0 unspecified atom stereocenters. The highest BCUT2D eigenvalue weighted by Crippen LogP contribution is 2.43. The molecule has 1 aromatic carbocycles. The molecular weight excluding hydrogens is 383 g/mol. The second kappa shape index (κ2) is 6.77. The number of rotatable bonds is 3. The number of aromatic hydroxyl groups is 1. The molecule has 0 radical (unpaired) electrons. The molecule has 4 heterocycles. The van der Waals surface area contributed by atoms with Gasteiger partial charge in [-0.05, 0) is 13.0 Å². The number of aryl methyl sites for hydroxylation is 1. The minimum absolute atomic E-state index is 0.0162. The van der Waals surface area contributed by atoms with E-state index in [1.165, 1.54) is 21.9 Å². The number of ether oxygens (including phenoxy) is 2. The smallest absolute Gasteiger partial charge is 0.230 e. The molecule has 2 fully saturated rings. The number of thiazole rings is 1. The van der Waals surface area contributed by atoms with Gasteiger partial charge in [0.05, 0.1) is 24.1 Å². The fraction of sp³-hybridized carbons (Fsp3) is 0.474. The van der Waals surface area contributed by atoms with E-state index < -0.39 is 11.8 Å². The summed E-state index contributed by atoms with van der Waals surface area (Å²) >= 11 is 1.34. The van der Waals surface area contributed by atoms with Crippen LogP contribution in [-0.2, 0) is 9.47 Å². The zero-order valence-electron chi connectivity index (χ0n) is 15.5. The lowest BCUT2D eigenvalue weighted by molar-refractivity contribution is -0.187. The first-order valence-electron chi connectivity index (χ1n) is 9.38. The molecule has 7 nitrogen and oxygen atoms in total. The van der Waals surface area contributed by atoms with E-state index in [-0.39, 0.29) is 11.7 Å². The number of piperidine rings is 1. The van der Waals surface area contributed by atoms with Gasteiger partial charge in [-0.15, -0.1) is 5.10 Å². The normalized spacial score (nSPS) is 20.9. The van der Waals surface area contributed by atoms with Gasteiger partial charge >= 0.3 is 0 Å². The highest BCUT2D eigenvalue weighted by Gasteiger charge is 2.42. The van der Waals surface area contributed by atoms with E-state index >= 15 is 0 Å². The van der Waals surface area contributed by atoms with Gasteiger partial charge in [0.25, 0.3) is 0 Å². The van der Waals surface area contributed by atoms with Gasteiger partial charge in [-0.3, -0.25) is 4.90 Å². The predicted octanol–water partition coefficient (Wildman–Crippen LogP) is 2.87. The van der Waals surface area contributed by atoms with E-state index in [9.17, 15) is 9.50 Å². The van der Waals surface area contributed by atoms with Crippen molar-refractivity contribution < 1.29 is 19.0 Å². The van der Waals surface area contributed by atoms with Crippen molar-refractivity contribution in [1.29, 1.82) is 0 Å². The predicted molar refractivity (Wildman–Crippen MR) is 101 cm³/mol. The molecule has 2 aliphatic rings. The minimum Gasteiger partial charge on any atom is -0.492 e. The molecule has 3 aromatic rings. The van der Waals surface area contributed by atoms with Crippen LogP contribution in [0.4, 0.5) is 4.39 Å². The third-order valence-electron chi connectivity index (χ3n) is 5.49. The molecule has 0 saturated carbocycles. The average Bonchev–Trinajstić information content (AvgIpc) is 3.36. The molecule has 28 heavy (non-hydrogen) atoms. The summed E-state index contributed by atoms with van der Waals surface area (Å²) in [5, 5.41) is 15.1. The van der Waals surface area contributed by atoms with Crippen LogP contribution in [0, 0.1) is 12.7 Å². The van der Waals surface area contributed by atoms with Crippen molar-refractivity contribution in [2.75, 3.05) is 26.3 Å². The summed E-state index contributed by atoms with van der Waals surface area (Å²) in [7, 11) is 0. The second-order valence-corrected chi connectivity index (χ2v) is 8.22. The van der Waals surface area contributed by atoms with Gasteiger partial charge in [0.15, 0.2) is 5.79 Å². The molecule has 2 aliphatic heterocycles. The van der Waals surface area contributed by atoms with Crippen molar-refractivity contribution in [3.8, 4) is 5.88 Å². The highest BCUT2D eigenvalue weighted by molar-refractivity contribution is 7.17. The summed E-state index contributed by atoms with van der Waals surface area (Å²) < 4.78 is 27.8. The fourth-order valence-electron chi connectivity index (χ4n) is 4.14. The van der Waals surface area contributed by atoms with E-state index in [4.69, 9.17) is 9.47 Å². The molecule has 0 aliphatic carbocycles. The highest BCUT2D eigenvalue weighted by atomic mass is 32.1. The summed E-state index contributed by atoms with van der Waals surface area (Å²) in [6.07, 6.45) is 1.41. The van der Waals surface area contributed by atoms with Gasteiger partial charge in [0.2, 0.25) is 10.8 Å². The van der Waals surface area contributed by atoms with Crippen molar-refractivity contribution in [2.45, 2.75) is 31.6 Å². The Morgan fingerprint density at radius 1 is 1.21 bits per heavy atom. The van der Waals surface area contributed by atoms with Crippen LogP contribution >= 0.6 is 11.3 Å². The zero-order valence-corrected chi connectivity index (χ0v) is 16.3. The summed E-state index contributed by atoms with van der Waals surface area (Å²) in [6.45, 7) is 4.35. The van der Waals surface area contributed by atoms with Crippen LogP contribution in [-0.4, -0.2) is 56.7 Å². The standard InChI is InChI=1S/C19H21FN4O3S/c1-12-21-18-24(22-12)17(25)16(28-18)15(13-4-2-3-5-14(13)20)23-8-6-19(7-9-23)26-10-11-27-19/h2-5,15,25H,6-11H2,1H3/t15-/m0/s1. The summed E-state index contributed by atoms with van der Waals surface area (Å²) in [6, 6.07) is 6.29. The van der Waals surface area contributed by atoms with E-state index in [0.29, 0.717) is 60.4 Å². The SMILES string of the molecule is Cc1nc2sc([C@H](c3ccccc3F)N3CCC4(CC3)OCCO4)c(O)n2n1. The van der Waals surface area contributed by atoms with Crippen LogP contribution in [0.2, 0.25) is 0 Å². The third kappa shape index (κ3) is 2.89. The first-order chi connectivity index (χ1) is 13.6. The number of aromatic nitrogens is 3. The molecule has 0 bridgehead atoms. The van der Waals surface area contributed by atoms with Gasteiger partial charge in [0, 0.05) is 31.5 Å². The fourth-order valence-corrected chi connectivity index (χ4v) is 5.29. The number of likely N-dealkylation sites (tertiary alicyclic amines) is 1. The van der Waals surface area contributed by atoms with Crippen molar-refractivity contribution >= 4 is 16.3 Å². The van der Waals surface area contributed by atoms with Gasteiger partial charge in [0.1, 0.15) is 11.6 Å². The first-order valence-corrected chi connectivity index (χ1v) is 10.2. The van der Waals surface area contributed by atoms with Crippen molar-refractivity contribution in [3.05, 3.63) is 46.3 Å².